The number of ether oxygens (including phenoxy) is 1. The number of rotatable bonds is 5. The number of piperazine rings is 1. The molecule has 4 rings (SSSR count). The van der Waals surface area contributed by atoms with Crippen molar-refractivity contribution < 1.29 is 14.3 Å². The summed E-state index contributed by atoms with van der Waals surface area (Å²) in [6, 6.07) is 7.31. The number of amides is 2. The Morgan fingerprint density at radius 3 is 2.26 bits per heavy atom. The van der Waals surface area contributed by atoms with Crippen LogP contribution in [0.2, 0.25) is 5.02 Å². The number of benzene rings is 1. The first kappa shape index (κ1) is 21.7. The fourth-order valence-electron chi connectivity index (χ4n) is 4.29. The second-order valence-corrected chi connectivity index (χ2v) is 8.51. The van der Waals surface area contributed by atoms with Crippen molar-refractivity contribution in [1.82, 2.24) is 19.3 Å². The normalized spacial score (nSPS) is 17.6. The molecule has 2 aliphatic heterocycles. The molecule has 2 aliphatic rings. The summed E-state index contributed by atoms with van der Waals surface area (Å²) in [5.74, 6) is 0.606. The summed E-state index contributed by atoms with van der Waals surface area (Å²) in [6.07, 6.45) is 7.20. The number of hydrogen-bond donors (Lipinski definition) is 0. The van der Waals surface area contributed by atoms with E-state index in [1.54, 1.807) is 19.2 Å². The third kappa shape index (κ3) is 4.88. The molecule has 1 aromatic carbocycles. The summed E-state index contributed by atoms with van der Waals surface area (Å²) in [4.78, 5) is 31.6. The van der Waals surface area contributed by atoms with Crippen molar-refractivity contribution >= 4 is 23.4 Å². The van der Waals surface area contributed by atoms with Crippen LogP contribution in [0.15, 0.2) is 36.7 Å². The lowest BCUT2D eigenvalue weighted by atomic mass is 10.1. The van der Waals surface area contributed by atoms with Crippen molar-refractivity contribution in [2.45, 2.75) is 19.3 Å². The SMILES string of the molecule is COc1cc(-n2cccc2)c(Cl)cc1C(=O)N1CCN(CC(=O)N2CCCCC2)CC1. The molecule has 0 bridgehead atoms. The van der Waals surface area contributed by atoms with Crippen LogP contribution in [0.3, 0.4) is 0 Å². The summed E-state index contributed by atoms with van der Waals surface area (Å²) < 4.78 is 7.40. The van der Waals surface area contributed by atoms with Gasteiger partial charge in [0.25, 0.3) is 5.91 Å². The van der Waals surface area contributed by atoms with Crippen LogP contribution >= 0.6 is 11.6 Å². The Balaban J connectivity index is 1.39. The maximum atomic E-state index is 13.2. The Bertz CT molecular complexity index is 917. The average molecular weight is 445 g/mol. The van der Waals surface area contributed by atoms with Gasteiger partial charge in [-0.05, 0) is 37.5 Å². The smallest absolute Gasteiger partial charge is 0.257 e. The molecule has 2 amide bonds. The van der Waals surface area contributed by atoms with Gasteiger partial charge in [0.2, 0.25) is 5.91 Å². The van der Waals surface area contributed by atoms with Crippen LogP contribution in [0.1, 0.15) is 29.6 Å². The molecule has 0 aliphatic carbocycles. The molecule has 2 aromatic rings. The molecule has 8 heteroatoms. The minimum Gasteiger partial charge on any atom is -0.496 e. The van der Waals surface area contributed by atoms with Gasteiger partial charge in [0.15, 0.2) is 0 Å². The molecule has 0 spiro atoms. The van der Waals surface area contributed by atoms with Crippen molar-refractivity contribution in [2.24, 2.45) is 0 Å². The van der Waals surface area contributed by atoms with Crippen molar-refractivity contribution in [3.05, 3.63) is 47.2 Å². The highest BCUT2D eigenvalue weighted by atomic mass is 35.5. The van der Waals surface area contributed by atoms with Gasteiger partial charge in [-0.25, -0.2) is 0 Å². The Morgan fingerprint density at radius 2 is 1.61 bits per heavy atom. The lowest BCUT2D eigenvalue weighted by Gasteiger charge is -2.36. The van der Waals surface area contributed by atoms with E-state index in [0.29, 0.717) is 49.1 Å². The number of carbonyl (C=O) groups excluding carboxylic acids is 2. The summed E-state index contributed by atoms with van der Waals surface area (Å²) in [5, 5.41) is 0.492. The molecule has 2 saturated heterocycles. The van der Waals surface area contributed by atoms with Crippen LogP contribution in [-0.4, -0.2) is 84.0 Å². The zero-order valence-electron chi connectivity index (χ0n) is 17.9. The minimum atomic E-state index is -0.0974. The van der Waals surface area contributed by atoms with E-state index >= 15 is 0 Å². The van der Waals surface area contributed by atoms with Crippen LogP contribution in [-0.2, 0) is 4.79 Å². The first-order chi connectivity index (χ1) is 15.1. The van der Waals surface area contributed by atoms with E-state index in [1.807, 2.05) is 38.9 Å². The number of aromatic nitrogens is 1. The number of hydrogen-bond acceptors (Lipinski definition) is 4. The monoisotopic (exact) mass is 444 g/mol. The van der Waals surface area contributed by atoms with Crippen LogP contribution in [0, 0.1) is 0 Å². The highest BCUT2D eigenvalue weighted by molar-refractivity contribution is 6.33. The Hall–Kier alpha value is -2.51. The molecular weight excluding hydrogens is 416 g/mol. The Labute approximate surface area is 188 Å². The second kappa shape index (κ2) is 9.75. The molecule has 0 N–H and O–H groups in total. The van der Waals surface area contributed by atoms with Gasteiger partial charge in [0.05, 0.1) is 29.9 Å². The van der Waals surface area contributed by atoms with E-state index < -0.39 is 0 Å². The van der Waals surface area contributed by atoms with Gasteiger partial charge in [-0.1, -0.05) is 11.6 Å². The molecule has 31 heavy (non-hydrogen) atoms. The van der Waals surface area contributed by atoms with Crippen molar-refractivity contribution in [2.75, 3.05) is 52.9 Å². The minimum absolute atomic E-state index is 0.0974. The fraction of sp³-hybridized carbons (Fsp3) is 0.478. The van der Waals surface area contributed by atoms with Gasteiger partial charge < -0.3 is 19.1 Å². The first-order valence-electron chi connectivity index (χ1n) is 10.9. The van der Waals surface area contributed by atoms with Gasteiger partial charge in [-0.2, -0.15) is 0 Å². The number of likely N-dealkylation sites (tertiary alicyclic amines) is 1. The zero-order valence-corrected chi connectivity index (χ0v) is 18.7. The van der Waals surface area contributed by atoms with Gasteiger partial charge in [0, 0.05) is 57.7 Å². The third-order valence-electron chi connectivity index (χ3n) is 6.11. The molecule has 0 atom stereocenters. The number of halogens is 1. The number of nitrogens with zero attached hydrogens (tertiary/aromatic N) is 4. The molecule has 0 radical (unpaired) electrons. The molecule has 7 nitrogen and oxygen atoms in total. The third-order valence-corrected chi connectivity index (χ3v) is 6.41. The standard InChI is InChI=1S/C23H29ClN4O3/c1-31-21-16-20(26-7-5-6-8-26)19(24)15-18(21)23(30)28-13-11-25(12-14-28)17-22(29)27-9-3-2-4-10-27/h5-8,15-16H,2-4,9-14,17H2,1H3. The maximum Gasteiger partial charge on any atom is 0.257 e. The van der Waals surface area contributed by atoms with Crippen LogP contribution in [0.4, 0.5) is 0 Å². The van der Waals surface area contributed by atoms with Gasteiger partial charge in [-0.3, -0.25) is 14.5 Å². The van der Waals surface area contributed by atoms with E-state index in [2.05, 4.69) is 4.90 Å². The Kier molecular flexibility index (Phi) is 6.83. The molecule has 3 heterocycles. The average Bonchev–Trinajstić information content (AvgIpc) is 3.34. The van der Waals surface area contributed by atoms with Gasteiger partial charge in [-0.15, -0.1) is 0 Å². The van der Waals surface area contributed by atoms with E-state index in [0.717, 1.165) is 31.6 Å². The van der Waals surface area contributed by atoms with Crippen LogP contribution < -0.4 is 4.74 Å². The van der Waals surface area contributed by atoms with Crippen molar-refractivity contribution in [3.63, 3.8) is 0 Å². The Morgan fingerprint density at radius 1 is 0.935 bits per heavy atom. The molecule has 0 saturated carbocycles. The fourth-order valence-corrected chi connectivity index (χ4v) is 4.55. The van der Waals surface area contributed by atoms with Crippen molar-refractivity contribution in [1.29, 1.82) is 0 Å². The maximum absolute atomic E-state index is 13.2. The molecule has 2 fully saturated rings. The summed E-state index contributed by atoms with van der Waals surface area (Å²) in [6.45, 7) is 4.69. The highest BCUT2D eigenvalue weighted by Crippen LogP contribution is 2.31. The number of carbonyl (C=O) groups is 2. The molecular formula is C23H29ClN4O3. The molecule has 166 valence electrons. The highest BCUT2D eigenvalue weighted by Gasteiger charge is 2.27. The lowest BCUT2D eigenvalue weighted by molar-refractivity contribution is -0.133. The van der Waals surface area contributed by atoms with Gasteiger partial charge in [0.1, 0.15) is 5.75 Å². The number of piperidine rings is 1. The van der Waals surface area contributed by atoms with E-state index in [9.17, 15) is 9.59 Å². The predicted molar refractivity (Wildman–Crippen MR) is 120 cm³/mol. The second-order valence-electron chi connectivity index (χ2n) is 8.10. The first-order valence-corrected chi connectivity index (χ1v) is 11.2. The molecule has 0 unspecified atom stereocenters. The predicted octanol–water partition coefficient (Wildman–Crippen LogP) is 2.91. The lowest BCUT2D eigenvalue weighted by Crippen LogP contribution is -2.52. The van der Waals surface area contributed by atoms with E-state index in [4.69, 9.17) is 16.3 Å². The summed E-state index contributed by atoms with van der Waals surface area (Å²) in [5.41, 5.74) is 1.22. The van der Waals surface area contributed by atoms with Crippen LogP contribution in [0.25, 0.3) is 5.69 Å². The largest absolute Gasteiger partial charge is 0.496 e. The van der Waals surface area contributed by atoms with Crippen LogP contribution in [0.5, 0.6) is 5.75 Å². The molecule has 1 aromatic heterocycles. The zero-order chi connectivity index (χ0) is 21.8. The van der Waals surface area contributed by atoms with Crippen molar-refractivity contribution in [3.8, 4) is 11.4 Å². The quantitative estimate of drug-likeness (QED) is 0.711. The van der Waals surface area contributed by atoms with Gasteiger partial charge >= 0.3 is 0 Å². The number of methoxy groups -OCH3 is 1. The van der Waals surface area contributed by atoms with E-state index in [1.165, 1.54) is 6.42 Å². The summed E-state index contributed by atoms with van der Waals surface area (Å²) >= 11 is 6.49. The summed E-state index contributed by atoms with van der Waals surface area (Å²) in [7, 11) is 1.56. The topological polar surface area (TPSA) is 58.0 Å². The van der Waals surface area contributed by atoms with E-state index in [-0.39, 0.29) is 11.8 Å².